The number of rotatable bonds is 4. The number of carbonyl (C=O) groups excluding carboxylic acids is 1. The highest BCUT2D eigenvalue weighted by molar-refractivity contribution is 6.03. The molecule has 7 heteroatoms. The number of hydrogen-bond acceptors (Lipinski definition) is 5. The summed E-state index contributed by atoms with van der Waals surface area (Å²) in [7, 11) is 1.09. The molecule has 1 aromatic heterocycles. The molecule has 4 N–H and O–H groups in total. The van der Waals surface area contributed by atoms with E-state index >= 15 is 0 Å². The summed E-state index contributed by atoms with van der Waals surface area (Å²) in [5, 5.41) is 28.9. The number of ether oxygens (including phenoxy) is 1. The average molecular weight is 279 g/mol. The van der Waals surface area contributed by atoms with Gasteiger partial charge in [0.2, 0.25) is 0 Å². The van der Waals surface area contributed by atoms with Crippen molar-refractivity contribution in [3.63, 3.8) is 0 Å². The van der Waals surface area contributed by atoms with Gasteiger partial charge in [0.05, 0.1) is 12.7 Å². The van der Waals surface area contributed by atoms with Crippen LogP contribution in [0.1, 0.15) is 22.0 Å². The SMILES string of the molecule is COC(=O)C(O)C(O)c1ccc2[nH]cc(C(=O)O)c2c1. The van der Waals surface area contributed by atoms with Gasteiger partial charge in [0.25, 0.3) is 0 Å². The van der Waals surface area contributed by atoms with Gasteiger partial charge in [0.1, 0.15) is 6.10 Å². The van der Waals surface area contributed by atoms with Crippen LogP contribution in [-0.4, -0.2) is 45.5 Å². The molecule has 0 fully saturated rings. The number of esters is 1. The van der Waals surface area contributed by atoms with Gasteiger partial charge in [-0.25, -0.2) is 9.59 Å². The average Bonchev–Trinajstić information content (AvgIpc) is 2.87. The first-order valence-corrected chi connectivity index (χ1v) is 5.74. The van der Waals surface area contributed by atoms with Crippen molar-refractivity contribution in [2.24, 2.45) is 0 Å². The van der Waals surface area contributed by atoms with E-state index in [1.807, 2.05) is 0 Å². The van der Waals surface area contributed by atoms with Crippen LogP contribution in [0.2, 0.25) is 0 Å². The summed E-state index contributed by atoms with van der Waals surface area (Å²) in [6.45, 7) is 0. The molecule has 0 saturated heterocycles. The summed E-state index contributed by atoms with van der Waals surface area (Å²) in [4.78, 5) is 25.0. The smallest absolute Gasteiger partial charge is 0.337 e. The molecule has 7 nitrogen and oxygen atoms in total. The Kier molecular flexibility index (Phi) is 3.73. The molecular weight excluding hydrogens is 266 g/mol. The van der Waals surface area contributed by atoms with Gasteiger partial charge in [-0.05, 0) is 17.7 Å². The molecule has 1 heterocycles. The van der Waals surface area contributed by atoms with Gasteiger partial charge < -0.3 is 25.0 Å². The molecule has 0 aliphatic heterocycles. The van der Waals surface area contributed by atoms with Crippen LogP contribution in [0.4, 0.5) is 0 Å². The van der Waals surface area contributed by atoms with E-state index in [0.29, 0.717) is 10.9 Å². The second kappa shape index (κ2) is 5.32. The van der Waals surface area contributed by atoms with E-state index in [1.54, 1.807) is 6.07 Å². The maximum atomic E-state index is 11.2. The van der Waals surface area contributed by atoms with E-state index in [2.05, 4.69) is 9.72 Å². The maximum absolute atomic E-state index is 11.2. The normalized spacial score (nSPS) is 13.9. The van der Waals surface area contributed by atoms with Crippen LogP contribution in [0.15, 0.2) is 24.4 Å². The lowest BCUT2D eigenvalue weighted by atomic mass is 10.0. The fourth-order valence-electron chi connectivity index (χ4n) is 1.93. The fourth-order valence-corrected chi connectivity index (χ4v) is 1.93. The Bertz CT molecular complexity index is 662. The number of methoxy groups -OCH3 is 1. The second-order valence-corrected chi connectivity index (χ2v) is 4.23. The first-order chi connectivity index (χ1) is 9.45. The highest BCUT2D eigenvalue weighted by atomic mass is 16.5. The number of nitrogens with one attached hydrogen (secondary N) is 1. The highest BCUT2D eigenvalue weighted by Crippen LogP contribution is 2.25. The fraction of sp³-hybridized carbons (Fsp3) is 0.231. The van der Waals surface area contributed by atoms with Crippen molar-refractivity contribution in [3.05, 3.63) is 35.5 Å². The minimum absolute atomic E-state index is 0.0432. The largest absolute Gasteiger partial charge is 0.478 e. The maximum Gasteiger partial charge on any atom is 0.337 e. The lowest BCUT2D eigenvalue weighted by molar-refractivity contribution is -0.156. The molecule has 0 aliphatic rings. The molecule has 2 rings (SSSR count). The zero-order chi connectivity index (χ0) is 14.9. The third-order valence-corrected chi connectivity index (χ3v) is 3.02. The summed E-state index contributed by atoms with van der Waals surface area (Å²) in [6.07, 6.45) is -1.90. The van der Waals surface area contributed by atoms with E-state index in [0.717, 1.165) is 7.11 Å². The highest BCUT2D eigenvalue weighted by Gasteiger charge is 2.27. The molecule has 20 heavy (non-hydrogen) atoms. The first-order valence-electron chi connectivity index (χ1n) is 5.74. The van der Waals surface area contributed by atoms with E-state index in [9.17, 15) is 19.8 Å². The van der Waals surface area contributed by atoms with Gasteiger partial charge in [-0.3, -0.25) is 0 Å². The lowest BCUT2D eigenvalue weighted by Crippen LogP contribution is -2.29. The van der Waals surface area contributed by atoms with Crippen molar-refractivity contribution in [1.29, 1.82) is 0 Å². The zero-order valence-electron chi connectivity index (χ0n) is 10.5. The Labute approximate surface area is 113 Å². The topological polar surface area (TPSA) is 120 Å². The number of carboxylic acid groups (broad SMARTS) is 1. The molecule has 0 aliphatic carbocycles. The minimum Gasteiger partial charge on any atom is -0.478 e. The number of H-pyrrole nitrogens is 1. The van der Waals surface area contributed by atoms with Gasteiger partial charge in [-0.15, -0.1) is 0 Å². The van der Waals surface area contributed by atoms with Crippen LogP contribution < -0.4 is 0 Å². The Balaban J connectivity index is 2.42. The number of aromatic nitrogens is 1. The molecule has 0 radical (unpaired) electrons. The predicted octanol–water partition coefficient (Wildman–Crippen LogP) is 0.433. The van der Waals surface area contributed by atoms with Gasteiger partial charge in [0.15, 0.2) is 6.10 Å². The van der Waals surface area contributed by atoms with Crippen molar-refractivity contribution >= 4 is 22.8 Å². The second-order valence-electron chi connectivity index (χ2n) is 4.23. The van der Waals surface area contributed by atoms with Gasteiger partial charge in [-0.2, -0.15) is 0 Å². The van der Waals surface area contributed by atoms with Gasteiger partial charge >= 0.3 is 11.9 Å². The van der Waals surface area contributed by atoms with Crippen molar-refractivity contribution in [3.8, 4) is 0 Å². The number of hydrogen-bond donors (Lipinski definition) is 4. The van der Waals surface area contributed by atoms with Crippen LogP contribution in [0.5, 0.6) is 0 Å². The van der Waals surface area contributed by atoms with Crippen LogP contribution in [0.3, 0.4) is 0 Å². The lowest BCUT2D eigenvalue weighted by Gasteiger charge is -2.16. The summed E-state index contributed by atoms with van der Waals surface area (Å²) in [5.74, 6) is -2.08. The third-order valence-electron chi connectivity index (χ3n) is 3.02. The molecule has 1 aromatic carbocycles. The molecule has 0 amide bonds. The number of carboxylic acids is 1. The van der Waals surface area contributed by atoms with Crippen LogP contribution in [0.25, 0.3) is 10.9 Å². The third kappa shape index (κ3) is 2.36. The minimum atomic E-state index is -1.73. The Morgan fingerprint density at radius 1 is 1.30 bits per heavy atom. The van der Waals surface area contributed by atoms with Crippen molar-refractivity contribution in [1.82, 2.24) is 4.98 Å². The van der Waals surface area contributed by atoms with E-state index in [-0.39, 0.29) is 11.1 Å². The van der Waals surface area contributed by atoms with Gasteiger partial charge in [-0.1, -0.05) is 6.07 Å². The van der Waals surface area contributed by atoms with Crippen LogP contribution in [0, 0.1) is 0 Å². The number of aliphatic hydroxyl groups excluding tert-OH is 2. The van der Waals surface area contributed by atoms with E-state index in [4.69, 9.17) is 5.11 Å². The molecule has 0 bridgehead atoms. The Morgan fingerprint density at radius 3 is 2.60 bits per heavy atom. The zero-order valence-corrected chi connectivity index (χ0v) is 10.5. The summed E-state index contributed by atoms with van der Waals surface area (Å²) < 4.78 is 4.34. The monoisotopic (exact) mass is 279 g/mol. The van der Waals surface area contributed by atoms with Gasteiger partial charge in [0, 0.05) is 17.1 Å². The standard InChI is InChI=1S/C13H13NO6/c1-20-13(19)11(16)10(15)6-2-3-9-7(4-6)8(5-14-9)12(17)18/h2-5,10-11,14-16H,1H3,(H,17,18). The van der Waals surface area contributed by atoms with Crippen molar-refractivity contribution < 1.29 is 29.6 Å². The molecule has 0 saturated carbocycles. The van der Waals surface area contributed by atoms with Crippen LogP contribution >= 0.6 is 0 Å². The number of aromatic carboxylic acids is 1. The number of aromatic amines is 1. The molecule has 2 unspecified atom stereocenters. The summed E-state index contributed by atoms with van der Waals surface area (Å²) in [5.41, 5.74) is 0.838. The van der Waals surface area contributed by atoms with Crippen molar-refractivity contribution in [2.45, 2.75) is 12.2 Å². The number of fused-ring (bicyclic) bond motifs is 1. The quantitative estimate of drug-likeness (QED) is 0.602. The summed E-state index contributed by atoms with van der Waals surface area (Å²) in [6, 6.07) is 4.46. The molecule has 2 atom stereocenters. The number of benzene rings is 1. The molecular formula is C13H13NO6. The Hall–Kier alpha value is -2.38. The molecule has 106 valence electrons. The first kappa shape index (κ1) is 14.0. The number of carbonyl (C=O) groups is 2. The molecule has 0 spiro atoms. The van der Waals surface area contributed by atoms with E-state index in [1.165, 1.54) is 18.3 Å². The number of aliphatic hydroxyl groups is 2. The van der Waals surface area contributed by atoms with Crippen LogP contribution in [-0.2, 0) is 9.53 Å². The Morgan fingerprint density at radius 2 is 2.00 bits per heavy atom. The predicted molar refractivity (Wildman–Crippen MR) is 68.2 cm³/mol. The van der Waals surface area contributed by atoms with Crippen molar-refractivity contribution in [2.75, 3.05) is 7.11 Å². The summed E-state index contributed by atoms with van der Waals surface area (Å²) >= 11 is 0. The molecule has 2 aromatic rings. The van der Waals surface area contributed by atoms with E-state index < -0.39 is 24.1 Å².